The van der Waals surface area contributed by atoms with Crippen molar-refractivity contribution in [2.45, 2.75) is 32.2 Å². The topological polar surface area (TPSA) is 90.0 Å². The predicted molar refractivity (Wildman–Crippen MR) is 158 cm³/mol. The molecule has 0 atom stereocenters. The van der Waals surface area contributed by atoms with E-state index in [1.165, 1.54) is 4.31 Å². The van der Waals surface area contributed by atoms with Crippen LogP contribution >= 0.6 is 11.6 Å². The maximum Gasteiger partial charge on any atom is 0.253 e. The third-order valence-corrected chi connectivity index (χ3v) is 9.35. The first-order valence-corrected chi connectivity index (χ1v) is 15.0. The molecule has 0 aromatic heterocycles. The third-order valence-electron chi connectivity index (χ3n) is 7.00. The number of aryl methyl sites for hydroxylation is 3. The molecule has 40 heavy (non-hydrogen) atoms. The maximum atomic E-state index is 13.9. The number of nitrogens with zero attached hydrogens (tertiary/aromatic N) is 3. The minimum Gasteiger partial charge on any atom is -0.336 e. The number of benzene rings is 3. The molecule has 0 saturated carbocycles. The molecule has 4 rings (SSSR count). The van der Waals surface area contributed by atoms with Crippen molar-refractivity contribution >= 4 is 39.1 Å². The molecular formula is C30H35ClN4O4S. The van der Waals surface area contributed by atoms with Gasteiger partial charge in [-0.15, -0.1) is 0 Å². The van der Waals surface area contributed by atoms with Crippen LogP contribution in [0.15, 0.2) is 65.6 Å². The van der Waals surface area contributed by atoms with E-state index in [-0.39, 0.29) is 23.9 Å². The highest BCUT2D eigenvalue weighted by Gasteiger charge is 2.30. The first-order chi connectivity index (χ1) is 18.9. The average Bonchev–Trinajstić information content (AvgIpc) is 2.89. The molecule has 1 fully saturated rings. The number of likely N-dealkylation sites (N-methyl/N-ethyl adjacent to an activating group) is 1. The Morgan fingerprint density at radius 2 is 1.48 bits per heavy atom. The molecule has 1 N–H and O–H groups in total. The molecule has 3 aromatic rings. The van der Waals surface area contributed by atoms with Crippen LogP contribution in [0.5, 0.6) is 0 Å². The van der Waals surface area contributed by atoms with Crippen molar-refractivity contribution < 1.29 is 18.0 Å². The quantitative estimate of drug-likeness (QED) is 0.423. The first kappa shape index (κ1) is 29.7. The van der Waals surface area contributed by atoms with Crippen LogP contribution < -0.4 is 5.32 Å². The van der Waals surface area contributed by atoms with Crippen molar-refractivity contribution in [2.75, 3.05) is 45.1 Å². The summed E-state index contributed by atoms with van der Waals surface area (Å²) in [5.41, 5.74) is 3.94. The van der Waals surface area contributed by atoms with Gasteiger partial charge in [0, 0.05) is 49.0 Å². The summed E-state index contributed by atoms with van der Waals surface area (Å²) in [6, 6.07) is 17.2. The van der Waals surface area contributed by atoms with Crippen LogP contribution in [0.4, 0.5) is 5.69 Å². The van der Waals surface area contributed by atoms with Crippen molar-refractivity contribution in [3.63, 3.8) is 0 Å². The van der Waals surface area contributed by atoms with E-state index in [0.29, 0.717) is 46.1 Å². The summed E-state index contributed by atoms with van der Waals surface area (Å²) in [7, 11) is -1.99. The standard InChI is InChI=1S/C30H35ClN4O4S/c1-21-17-22(2)29(23(3)18-21)40(38,39)35(19-24-5-9-26(31)10-6-24)20-28(36)32-27-11-7-25(8-12-27)30(37)34-15-13-33(4)14-16-34/h5-12,17-18H,13-16,19-20H2,1-4H3,(H,32,36). The summed E-state index contributed by atoms with van der Waals surface area (Å²) in [5, 5.41) is 3.32. The zero-order valence-electron chi connectivity index (χ0n) is 23.3. The van der Waals surface area contributed by atoms with Crippen LogP contribution in [-0.2, 0) is 21.4 Å². The number of sulfonamides is 1. The zero-order chi connectivity index (χ0) is 29.0. The van der Waals surface area contributed by atoms with Gasteiger partial charge in [-0.25, -0.2) is 8.42 Å². The van der Waals surface area contributed by atoms with E-state index >= 15 is 0 Å². The van der Waals surface area contributed by atoms with Gasteiger partial charge < -0.3 is 15.1 Å². The molecule has 0 bridgehead atoms. The number of anilines is 1. The van der Waals surface area contributed by atoms with E-state index in [0.717, 1.165) is 18.7 Å². The highest BCUT2D eigenvalue weighted by atomic mass is 35.5. The molecule has 1 heterocycles. The number of hydrogen-bond acceptors (Lipinski definition) is 5. The Morgan fingerprint density at radius 1 is 0.900 bits per heavy atom. The average molecular weight is 583 g/mol. The number of halogens is 1. The van der Waals surface area contributed by atoms with Crippen molar-refractivity contribution in [2.24, 2.45) is 0 Å². The van der Waals surface area contributed by atoms with Gasteiger partial charge in [0.05, 0.1) is 11.4 Å². The molecular weight excluding hydrogens is 548 g/mol. The molecule has 0 aliphatic carbocycles. The Kier molecular flexibility index (Phi) is 9.30. The van der Waals surface area contributed by atoms with Gasteiger partial charge in [0.2, 0.25) is 15.9 Å². The second-order valence-electron chi connectivity index (χ2n) is 10.3. The smallest absolute Gasteiger partial charge is 0.253 e. The molecule has 10 heteroatoms. The van der Waals surface area contributed by atoms with E-state index < -0.39 is 15.9 Å². The number of carbonyl (C=O) groups excluding carboxylic acids is 2. The molecule has 1 aliphatic heterocycles. The Hall–Kier alpha value is -3.24. The minimum absolute atomic E-state index is 0.00184. The predicted octanol–water partition coefficient (Wildman–Crippen LogP) is 4.48. The monoisotopic (exact) mass is 582 g/mol. The Labute approximate surface area is 241 Å². The Morgan fingerprint density at radius 3 is 2.05 bits per heavy atom. The van der Waals surface area contributed by atoms with E-state index in [2.05, 4.69) is 10.2 Å². The highest BCUT2D eigenvalue weighted by Crippen LogP contribution is 2.27. The van der Waals surface area contributed by atoms with Gasteiger partial charge in [-0.1, -0.05) is 41.4 Å². The van der Waals surface area contributed by atoms with Gasteiger partial charge in [-0.3, -0.25) is 9.59 Å². The SMILES string of the molecule is Cc1cc(C)c(S(=O)(=O)N(CC(=O)Nc2ccc(C(=O)N3CCN(C)CC3)cc2)Cc2ccc(Cl)cc2)c(C)c1. The number of nitrogens with one attached hydrogen (secondary N) is 1. The summed E-state index contributed by atoms with van der Waals surface area (Å²) < 4.78 is 29.0. The lowest BCUT2D eigenvalue weighted by molar-refractivity contribution is -0.116. The number of piperazine rings is 1. The molecule has 1 saturated heterocycles. The molecule has 0 spiro atoms. The van der Waals surface area contributed by atoms with Crippen LogP contribution in [0.1, 0.15) is 32.6 Å². The van der Waals surface area contributed by atoms with E-state index in [9.17, 15) is 18.0 Å². The largest absolute Gasteiger partial charge is 0.336 e. The van der Waals surface area contributed by atoms with Crippen LogP contribution in [0.3, 0.4) is 0 Å². The highest BCUT2D eigenvalue weighted by molar-refractivity contribution is 7.89. The van der Waals surface area contributed by atoms with Crippen LogP contribution in [0.2, 0.25) is 5.02 Å². The fourth-order valence-corrected chi connectivity index (χ4v) is 6.89. The molecule has 212 valence electrons. The fraction of sp³-hybridized carbons (Fsp3) is 0.333. The molecule has 8 nitrogen and oxygen atoms in total. The van der Waals surface area contributed by atoms with Crippen molar-refractivity contribution in [3.05, 3.63) is 93.5 Å². The summed E-state index contributed by atoms with van der Waals surface area (Å²) in [6.07, 6.45) is 0. The van der Waals surface area contributed by atoms with Crippen LogP contribution in [-0.4, -0.2) is 74.1 Å². The van der Waals surface area contributed by atoms with Crippen molar-refractivity contribution in [3.8, 4) is 0 Å². The molecule has 2 amide bonds. The second kappa shape index (κ2) is 12.5. The fourth-order valence-electron chi connectivity index (χ4n) is 4.97. The first-order valence-electron chi connectivity index (χ1n) is 13.1. The lowest BCUT2D eigenvalue weighted by atomic mass is 10.1. The molecule has 0 radical (unpaired) electrons. The van der Waals surface area contributed by atoms with Gasteiger partial charge >= 0.3 is 0 Å². The number of rotatable bonds is 8. The number of amides is 2. The van der Waals surface area contributed by atoms with Crippen molar-refractivity contribution in [1.82, 2.24) is 14.1 Å². The summed E-state index contributed by atoms with van der Waals surface area (Å²) in [6.45, 7) is 8.05. The van der Waals surface area contributed by atoms with Gasteiger partial charge in [0.15, 0.2) is 0 Å². The number of hydrogen-bond donors (Lipinski definition) is 1. The third kappa shape index (κ3) is 7.09. The lowest BCUT2D eigenvalue weighted by Gasteiger charge is -2.32. The van der Waals surface area contributed by atoms with Gasteiger partial charge in [-0.2, -0.15) is 4.31 Å². The van der Waals surface area contributed by atoms with Crippen LogP contribution in [0.25, 0.3) is 0 Å². The lowest BCUT2D eigenvalue weighted by Crippen LogP contribution is -2.47. The summed E-state index contributed by atoms with van der Waals surface area (Å²) in [4.78, 5) is 30.2. The van der Waals surface area contributed by atoms with Crippen molar-refractivity contribution in [1.29, 1.82) is 0 Å². The summed E-state index contributed by atoms with van der Waals surface area (Å²) >= 11 is 6.02. The minimum atomic E-state index is -4.02. The normalized spacial score (nSPS) is 14.4. The van der Waals surface area contributed by atoms with E-state index in [1.807, 2.05) is 31.0 Å². The number of carbonyl (C=O) groups is 2. The Bertz CT molecular complexity index is 1460. The van der Waals surface area contributed by atoms with E-state index in [1.54, 1.807) is 62.4 Å². The second-order valence-corrected chi connectivity index (χ2v) is 12.7. The van der Waals surface area contributed by atoms with E-state index in [4.69, 9.17) is 11.6 Å². The zero-order valence-corrected chi connectivity index (χ0v) is 24.8. The van der Waals surface area contributed by atoms with Gasteiger partial charge in [-0.05, 0) is 80.9 Å². The molecule has 0 unspecified atom stereocenters. The van der Waals surface area contributed by atoms with Gasteiger partial charge in [0.25, 0.3) is 5.91 Å². The Balaban J connectivity index is 1.52. The maximum absolute atomic E-state index is 13.9. The van der Waals surface area contributed by atoms with Gasteiger partial charge in [0.1, 0.15) is 0 Å². The molecule has 1 aliphatic rings. The summed E-state index contributed by atoms with van der Waals surface area (Å²) in [5.74, 6) is -0.534. The van der Waals surface area contributed by atoms with Crippen LogP contribution in [0, 0.1) is 20.8 Å². The molecule has 3 aromatic carbocycles.